The van der Waals surface area contributed by atoms with Gasteiger partial charge in [-0.1, -0.05) is 18.9 Å². The van der Waals surface area contributed by atoms with E-state index in [1.165, 1.54) is 0 Å². The fraction of sp³-hybridized carbons (Fsp3) is 0.586. The second-order valence-corrected chi connectivity index (χ2v) is 11.3. The molecule has 4 rings (SSSR count). The van der Waals surface area contributed by atoms with E-state index in [1.807, 2.05) is 32.0 Å². The summed E-state index contributed by atoms with van der Waals surface area (Å²) < 4.78 is 16.3. The first kappa shape index (κ1) is 29.4. The van der Waals surface area contributed by atoms with Gasteiger partial charge in [-0.3, -0.25) is 14.4 Å². The molecular formula is C29H39N5O6. The molecule has 1 saturated carbocycles. The van der Waals surface area contributed by atoms with Gasteiger partial charge in [-0.25, -0.2) is 0 Å². The molecule has 4 N–H and O–H groups in total. The number of carbonyl (C=O) groups excluding carboxylic acids is 3. The third kappa shape index (κ3) is 7.96. The van der Waals surface area contributed by atoms with Crippen molar-refractivity contribution in [3.05, 3.63) is 30.0 Å². The number of nitriles is 1. The summed E-state index contributed by atoms with van der Waals surface area (Å²) in [4.78, 5) is 41.9. The second-order valence-electron chi connectivity index (χ2n) is 11.3. The summed E-state index contributed by atoms with van der Waals surface area (Å²) in [7, 11) is 1.61. The first-order valence-electron chi connectivity index (χ1n) is 13.8. The molecule has 40 heavy (non-hydrogen) atoms. The zero-order valence-corrected chi connectivity index (χ0v) is 23.4. The molecule has 2 aromatic rings. The normalized spacial score (nSPS) is 19.4. The van der Waals surface area contributed by atoms with Gasteiger partial charge in [-0.15, -0.1) is 0 Å². The summed E-state index contributed by atoms with van der Waals surface area (Å²) in [6.07, 6.45) is 3.31. The number of aromatic amines is 1. The van der Waals surface area contributed by atoms with Crippen molar-refractivity contribution in [3.63, 3.8) is 0 Å². The summed E-state index contributed by atoms with van der Waals surface area (Å²) in [5.41, 5.74) is 0.697. The Balaban J connectivity index is 1.38. The van der Waals surface area contributed by atoms with Crippen LogP contribution in [0.15, 0.2) is 24.3 Å². The molecule has 0 bridgehead atoms. The number of carbonyl (C=O) groups is 3. The van der Waals surface area contributed by atoms with Crippen molar-refractivity contribution in [1.29, 1.82) is 5.26 Å². The quantitative estimate of drug-likeness (QED) is 0.247. The molecule has 2 heterocycles. The van der Waals surface area contributed by atoms with Crippen LogP contribution in [0.3, 0.4) is 0 Å². The molecule has 2 aliphatic rings. The van der Waals surface area contributed by atoms with Crippen molar-refractivity contribution < 1.29 is 28.6 Å². The number of fused-ring (bicyclic) bond motifs is 1. The molecule has 11 nitrogen and oxygen atoms in total. The summed E-state index contributed by atoms with van der Waals surface area (Å²) in [5, 5.41) is 19.0. The first-order valence-corrected chi connectivity index (χ1v) is 13.8. The highest BCUT2D eigenvalue weighted by atomic mass is 16.5. The van der Waals surface area contributed by atoms with Crippen LogP contribution in [0, 0.1) is 23.2 Å². The zero-order chi connectivity index (χ0) is 28.7. The molecule has 1 aliphatic carbocycles. The predicted molar refractivity (Wildman–Crippen MR) is 148 cm³/mol. The number of rotatable bonds is 15. The van der Waals surface area contributed by atoms with Gasteiger partial charge in [0, 0.05) is 29.5 Å². The molecule has 1 aliphatic heterocycles. The van der Waals surface area contributed by atoms with Gasteiger partial charge in [0.2, 0.25) is 11.8 Å². The van der Waals surface area contributed by atoms with Gasteiger partial charge in [0.25, 0.3) is 5.91 Å². The molecule has 1 aromatic heterocycles. The lowest BCUT2D eigenvalue weighted by molar-refractivity contribution is -0.125. The van der Waals surface area contributed by atoms with Crippen LogP contribution < -0.4 is 20.7 Å². The molecule has 216 valence electrons. The summed E-state index contributed by atoms with van der Waals surface area (Å²) >= 11 is 0. The average molecular weight is 554 g/mol. The van der Waals surface area contributed by atoms with E-state index >= 15 is 0 Å². The molecule has 1 saturated heterocycles. The monoisotopic (exact) mass is 553 g/mol. The smallest absolute Gasteiger partial charge is 0.268 e. The molecule has 2 fully saturated rings. The molecule has 1 aromatic carbocycles. The number of benzene rings is 1. The van der Waals surface area contributed by atoms with Crippen LogP contribution in [-0.4, -0.2) is 73.9 Å². The van der Waals surface area contributed by atoms with Gasteiger partial charge >= 0.3 is 0 Å². The maximum atomic E-state index is 13.2. The van der Waals surface area contributed by atoms with Crippen molar-refractivity contribution in [2.24, 2.45) is 11.8 Å². The van der Waals surface area contributed by atoms with E-state index in [9.17, 15) is 19.6 Å². The van der Waals surface area contributed by atoms with Crippen LogP contribution in [0.1, 0.15) is 56.4 Å². The number of nitrogens with one attached hydrogen (secondary N) is 4. The summed E-state index contributed by atoms with van der Waals surface area (Å²) in [6.45, 7) is 5.62. The van der Waals surface area contributed by atoms with Crippen molar-refractivity contribution in [3.8, 4) is 11.8 Å². The van der Waals surface area contributed by atoms with E-state index in [2.05, 4.69) is 27.0 Å². The van der Waals surface area contributed by atoms with Gasteiger partial charge in [0.05, 0.1) is 25.9 Å². The van der Waals surface area contributed by atoms with Crippen LogP contribution in [-0.2, 0) is 19.1 Å². The summed E-state index contributed by atoms with van der Waals surface area (Å²) in [6, 6.07) is 7.69. The molecule has 11 heteroatoms. The Morgan fingerprint density at radius 2 is 1.93 bits per heavy atom. The minimum Gasteiger partial charge on any atom is -0.490 e. The van der Waals surface area contributed by atoms with E-state index < -0.39 is 23.9 Å². The number of H-pyrrole nitrogens is 1. The Hall–Kier alpha value is -3.62. The Labute approximate surface area is 234 Å². The third-order valence-electron chi connectivity index (χ3n) is 7.26. The lowest BCUT2D eigenvalue weighted by Crippen LogP contribution is -2.50. The number of ether oxygens (including phenoxy) is 3. The van der Waals surface area contributed by atoms with Gasteiger partial charge in [0.15, 0.2) is 0 Å². The Morgan fingerprint density at radius 3 is 2.60 bits per heavy atom. The molecular weight excluding hydrogens is 514 g/mol. The van der Waals surface area contributed by atoms with Gasteiger partial charge in [-0.2, -0.15) is 5.26 Å². The van der Waals surface area contributed by atoms with E-state index in [-0.39, 0.29) is 23.8 Å². The maximum absolute atomic E-state index is 13.2. The molecule has 0 spiro atoms. The van der Waals surface area contributed by atoms with E-state index in [0.717, 1.165) is 23.7 Å². The average Bonchev–Trinajstić information content (AvgIpc) is 3.55. The number of amides is 3. The number of hydrogen-bond donors (Lipinski definition) is 4. The second kappa shape index (κ2) is 13.2. The van der Waals surface area contributed by atoms with Crippen molar-refractivity contribution >= 4 is 28.6 Å². The molecule has 3 amide bonds. The Kier molecular flexibility index (Phi) is 9.66. The van der Waals surface area contributed by atoms with Gasteiger partial charge in [0.1, 0.15) is 30.1 Å². The highest BCUT2D eigenvalue weighted by Crippen LogP contribution is 2.34. The fourth-order valence-corrected chi connectivity index (χ4v) is 5.07. The lowest BCUT2D eigenvalue weighted by Gasteiger charge is -2.21. The number of aromatic nitrogens is 1. The van der Waals surface area contributed by atoms with Crippen LogP contribution in [0.4, 0.5) is 0 Å². The minimum absolute atomic E-state index is 0.108. The van der Waals surface area contributed by atoms with Crippen molar-refractivity contribution in [2.75, 3.05) is 33.5 Å². The van der Waals surface area contributed by atoms with Gasteiger partial charge < -0.3 is 35.1 Å². The van der Waals surface area contributed by atoms with E-state index in [0.29, 0.717) is 56.6 Å². The largest absolute Gasteiger partial charge is 0.490 e. The highest BCUT2D eigenvalue weighted by Gasteiger charge is 2.39. The summed E-state index contributed by atoms with van der Waals surface area (Å²) in [5.74, 6) is -0.327. The SMILES string of the molecule is COCCOCCOc1cccc2[nH]c(C(=O)N[C@@H](CC3CC3)C(=O)N[C@H](C#N)C[C@@H]3CC(C)(C)NC3=O)cc12. The van der Waals surface area contributed by atoms with E-state index in [1.54, 1.807) is 13.2 Å². The maximum Gasteiger partial charge on any atom is 0.268 e. The van der Waals surface area contributed by atoms with E-state index in [4.69, 9.17) is 14.2 Å². The Morgan fingerprint density at radius 1 is 1.15 bits per heavy atom. The minimum atomic E-state index is -0.831. The van der Waals surface area contributed by atoms with Crippen LogP contribution in [0.25, 0.3) is 10.9 Å². The lowest BCUT2D eigenvalue weighted by atomic mass is 9.92. The Bertz CT molecular complexity index is 1250. The third-order valence-corrected chi connectivity index (χ3v) is 7.26. The topological polar surface area (TPSA) is 155 Å². The van der Waals surface area contributed by atoms with Crippen LogP contribution in [0.5, 0.6) is 5.75 Å². The fourth-order valence-electron chi connectivity index (χ4n) is 5.07. The van der Waals surface area contributed by atoms with Gasteiger partial charge in [-0.05, 0) is 57.2 Å². The van der Waals surface area contributed by atoms with Crippen LogP contribution >= 0.6 is 0 Å². The molecule has 3 atom stereocenters. The molecule has 0 radical (unpaired) electrons. The standard InChI is InChI=1S/C29H39N5O6/c1-29(2)16-19(26(35)34-29)14-20(17-30)31-27(36)23(13-18-7-8-18)33-28(37)24-15-21-22(32-24)5-4-6-25(21)40-12-11-39-10-9-38-3/h4-6,15,18-20,23,32H,7-14,16H2,1-3H3,(H,31,36)(H,33,37)(H,34,35)/t19-,20+,23+/m1/s1. The highest BCUT2D eigenvalue weighted by molar-refractivity contribution is 6.01. The predicted octanol–water partition coefficient (Wildman–Crippen LogP) is 2.42. The number of hydrogen-bond acceptors (Lipinski definition) is 7. The number of nitrogens with zero attached hydrogens (tertiary/aromatic N) is 1. The van der Waals surface area contributed by atoms with Crippen LogP contribution in [0.2, 0.25) is 0 Å². The van der Waals surface area contributed by atoms with Crippen molar-refractivity contribution in [1.82, 2.24) is 20.9 Å². The van der Waals surface area contributed by atoms with Crippen molar-refractivity contribution in [2.45, 2.75) is 63.6 Å². The zero-order valence-electron chi connectivity index (χ0n) is 23.4. The molecule has 0 unspecified atom stereocenters. The first-order chi connectivity index (χ1) is 19.2. The number of methoxy groups -OCH3 is 1.